The summed E-state index contributed by atoms with van der Waals surface area (Å²) in [6.07, 6.45) is 6.21. The van der Waals surface area contributed by atoms with Crippen LogP contribution in [-0.4, -0.2) is 21.3 Å². The minimum absolute atomic E-state index is 0.0478. The normalized spacial score (nSPS) is 38.1. The molecule has 1 aromatic rings. The quantitative estimate of drug-likeness (QED) is 0.864. The Kier molecular flexibility index (Phi) is 2.53. The van der Waals surface area contributed by atoms with Crippen molar-refractivity contribution >= 4 is 5.97 Å². The molecule has 0 unspecified atom stereocenters. The van der Waals surface area contributed by atoms with Crippen molar-refractivity contribution in [3.8, 4) is 0 Å². The molecule has 5 nitrogen and oxygen atoms in total. The largest absolute Gasteiger partial charge is 0.476 e. The monoisotopic (exact) mass is 274 g/mol. The standard InChI is InChI=1S/C15H18N2O3/c18-14-11(6-12(15(19)20)16-17-14)13-9-2-7-1-8(4-9)5-10(13)3-7/h6-10,13H,1-5H2,(H,17,18)(H,19,20). The summed E-state index contributed by atoms with van der Waals surface area (Å²) in [6.45, 7) is 0. The Balaban J connectivity index is 1.76. The molecule has 0 spiro atoms. The van der Waals surface area contributed by atoms with Crippen molar-refractivity contribution in [2.75, 3.05) is 0 Å². The maximum Gasteiger partial charge on any atom is 0.356 e. The van der Waals surface area contributed by atoms with E-state index in [0.29, 0.717) is 17.4 Å². The lowest BCUT2D eigenvalue weighted by Crippen LogP contribution is -2.45. The molecule has 0 aliphatic heterocycles. The van der Waals surface area contributed by atoms with Gasteiger partial charge in [-0.1, -0.05) is 0 Å². The molecule has 4 aliphatic carbocycles. The molecule has 0 amide bonds. The van der Waals surface area contributed by atoms with E-state index in [-0.39, 0.29) is 17.2 Å². The van der Waals surface area contributed by atoms with Crippen LogP contribution in [0.1, 0.15) is 54.1 Å². The molecule has 1 heterocycles. The van der Waals surface area contributed by atoms with Gasteiger partial charge in [-0.3, -0.25) is 4.79 Å². The molecule has 4 bridgehead atoms. The Morgan fingerprint density at radius 3 is 2.30 bits per heavy atom. The molecule has 4 saturated carbocycles. The summed E-state index contributed by atoms with van der Waals surface area (Å²) < 4.78 is 0. The van der Waals surface area contributed by atoms with Gasteiger partial charge < -0.3 is 5.11 Å². The average molecular weight is 274 g/mol. The van der Waals surface area contributed by atoms with E-state index in [9.17, 15) is 9.59 Å². The lowest BCUT2D eigenvalue weighted by Gasteiger charge is -2.54. The first-order valence-electron chi connectivity index (χ1n) is 7.44. The molecule has 20 heavy (non-hydrogen) atoms. The molecular formula is C15H18N2O3. The molecule has 0 atom stereocenters. The fourth-order valence-corrected chi connectivity index (χ4v) is 5.21. The van der Waals surface area contributed by atoms with Gasteiger partial charge in [-0.05, 0) is 67.8 Å². The van der Waals surface area contributed by atoms with Crippen molar-refractivity contribution in [2.24, 2.45) is 23.7 Å². The predicted molar refractivity (Wildman–Crippen MR) is 71.6 cm³/mol. The number of aromatic amines is 1. The number of carbonyl (C=O) groups is 1. The van der Waals surface area contributed by atoms with Crippen LogP contribution >= 0.6 is 0 Å². The number of carboxylic acids is 1. The van der Waals surface area contributed by atoms with Crippen LogP contribution < -0.4 is 5.56 Å². The van der Waals surface area contributed by atoms with Gasteiger partial charge in [0.2, 0.25) is 0 Å². The van der Waals surface area contributed by atoms with Crippen molar-refractivity contribution in [3.05, 3.63) is 27.7 Å². The van der Waals surface area contributed by atoms with E-state index in [1.165, 1.54) is 38.2 Å². The fraction of sp³-hybridized carbons (Fsp3) is 0.667. The first kappa shape index (κ1) is 12.1. The number of nitrogens with one attached hydrogen (secondary N) is 1. The zero-order valence-corrected chi connectivity index (χ0v) is 11.2. The summed E-state index contributed by atoms with van der Waals surface area (Å²) in [4.78, 5) is 23.2. The molecule has 0 aromatic carbocycles. The van der Waals surface area contributed by atoms with Crippen molar-refractivity contribution in [3.63, 3.8) is 0 Å². The highest BCUT2D eigenvalue weighted by Gasteiger charge is 2.49. The van der Waals surface area contributed by atoms with E-state index in [1.807, 2.05) is 0 Å². The third-order valence-electron chi connectivity index (χ3n) is 5.64. The summed E-state index contributed by atoms with van der Waals surface area (Å²) in [5.41, 5.74) is 0.409. The molecule has 1 aromatic heterocycles. The van der Waals surface area contributed by atoms with Gasteiger partial charge in [0, 0.05) is 5.56 Å². The van der Waals surface area contributed by atoms with Gasteiger partial charge >= 0.3 is 5.97 Å². The van der Waals surface area contributed by atoms with E-state index >= 15 is 0 Å². The first-order valence-corrected chi connectivity index (χ1v) is 7.44. The van der Waals surface area contributed by atoms with Gasteiger partial charge in [0.25, 0.3) is 5.56 Å². The number of hydrogen-bond donors (Lipinski definition) is 2. The Labute approximate surface area is 116 Å². The van der Waals surface area contributed by atoms with Gasteiger partial charge in [-0.15, -0.1) is 0 Å². The van der Waals surface area contributed by atoms with Crippen LogP contribution in [0.2, 0.25) is 0 Å². The van der Waals surface area contributed by atoms with Crippen LogP contribution in [0.3, 0.4) is 0 Å². The van der Waals surface area contributed by atoms with Crippen LogP contribution in [0.5, 0.6) is 0 Å². The Morgan fingerprint density at radius 2 is 1.75 bits per heavy atom. The van der Waals surface area contributed by atoms with E-state index in [2.05, 4.69) is 10.2 Å². The number of hydrogen-bond acceptors (Lipinski definition) is 3. The fourth-order valence-electron chi connectivity index (χ4n) is 5.21. The average Bonchev–Trinajstić information content (AvgIpc) is 2.39. The molecule has 0 radical (unpaired) electrons. The molecule has 2 N–H and O–H groups in total. The smallest absolute Gasteiger partial charge is 0.356 e. The molecular weight excluding hydrogens is 256 g/mol. The summed E-state index contributed by atoms with van der Waals surface area (Å²) in [5.74, 6) is 1.98. The third kappa shape index (κ3) is 1.72. The number of aromatic nitrogens is 2. The zero-order valence-electron chi connectivity index (χ0n) is 11.2. The van der Waals surface area contributed by atoms with Gasteiger partial charge in [0.15, 0.2) is 5.69 Å². The van der Waals surface area contributed by atoms with E-state index in [4.69, 9.17) is 5.11 Å². The molecule has 4 fully saturated rings. The van der Waals surface area contributed by atoms with Crippen LogP contribution in [-0.2, 0) is 0 Å². The Morgan fingerprint density at radius 1 is 1.15 bits per heavy atom. The van der Waals surface area contributed by atoms with Gasteiger partial charge in [0.1, 0.15) is 0 Å². The van der Waals surface area contributed by atoms with Crippen LogP contribution in [0, 0.1) is 23.7 Å². The molecule has 5 heteroatoms. The topological polar surface area (TPSA) is 83.0 Å². The molecule has 5 rings (SSSR count). The van der Waals surface area contributed by atoms with Crippen molar-refractivity contribution < 1.29 is 9.90 Å². The number of nitrogens with zero attached hydrogens (tertiary/aromatic N) is 1. The summed E-state index contributed by atoms with van der Waals surface area (Å²) in [6, 6.07) is 1.51. The summed E-state index contributed by atoms with van der Waals surface area (Å²) in [7, 11) is 0. The van der Waals surface area contributed by atoms with Crippen molar-refractivity contribution in [1.29, 1.82) is 0 Å². The van der Waals surface area contributed by atoms with Gasteiger partial charge in [0.05, 0.1) is 0 Å². The number of carboxylic acid groups (broad SMARTS) is 1. The van der Waals surface area contributed by atoms with E-state index < -0.39 is 5.97 Å². The first-order chi connectivity index (χ1) is 9.61. The molecule has 106 valence electrons. The lowest BCUT2D eigenvalue weighted by molar-refractivity contribution is -0.00334. The van der Waals surface area contributed by atoms with Gasteiger partial charge in [-0.25, -0.2) is 9.89 Å². The maximum atomic E-state index is 12.1. The SMILES string of the molecule is O=C(O)c1cc(C2C3CC4CC(C3)CC2C4)c(=O)[nH]n1. The number of aromatic carboxylic acids is 1. The van der Waals surface area contributed by atoms with Crippen LogP contribution in [0.4, 0.5) is 0 Å². The summed E-state index contributed by atoms with van der Waals surface area (Å²) in [5, 5.41) is 15.1. The number of rotatable bonds is 2. The second kappa shape index (κ2) is 4.17. The minimum atomic E-state index is -1.08. The van der Waals surface area contributed by atoms with E-state index in [1.54, 1.807) is 0 Å². The third-order valence-corrected chi connectivity index (χ3v) is 5.64. The zero-order chi connectivity index (χ0) is 13.9. The van der Waals surface area contributed by atoms with Crippen LogP contribution in [0.25, 0.3) is 0 Å². The maximum absolute atomic E-state index is 12.1. The van der Waals surface area contributed by atoms with Gasteiger partial charge in [-0.2, -0.15) is 5.10 Å². The van der Waals surface area contributed by atoms with Crippen LogP contribution in [0.15, 0.2) is 10.9 Å². The Bertz CT molecular complexity index is 594. The Hall–Kier alpha value is -1.65. The van der Waals surface area contributed by atoms with Crippen molar-refractivity contribution in [2.45, 2.75) is 38.0 Å². The summed E-state index contributed by atoms with van der Waals surface area (Å²) >= 11 is 0. The lowest BCUT2D eigenvalue weighted by atomic mass is 9.51. The predicted octanol–water partition coefficient (Wildman–Crippen LogP) is 2.01. The second-order valence-electron chi connectivity index (χ2n) is 6.80. The highest BCUT2D eigenvalue weighted by atomic mass is 16.4. The highest BCUT2D eigenvalue weighted by molar-refractivity contribution is 5.85. The number of H-pyrrole nitrogens is 1. The minimum Gasteiger partial charge on any atom is -0.476 e. The molecule has 0 saturated heterocycles. The second-order valence-corrected chi connectivity index (χ2v) is 6.80. The highest BCUT2D eigenvalue weighted by Crippen LogP contribution is 2.59. The molecule has 4 aliphatic rings. The van der Waals surface area contributed by atoms with Crippen molar-refractivity contribution in [1.82, 2.24) is 10.2 Å². The van der Waals surface area contributed by atoms with E-state index in [0.717, 1.165) is 11.8 Å².